The van der Waals surface area contributed by atoms with E-state index < -0.39 is 0 Å². The molecule has 7 heteroatoms. The Morgan fingerprint density at radius 3 is 0.675 bits per heavy atom. The lowest BCUT2D eigenvalue weighted by Crippen LogP contribution is -2.57. The molecule has 5 fully saturated rings. The molecule has 0 radical (unpaired) electrons. The highest BCUT2D eigenvalue weighted by Crippen LogP contribution is 2.38. The van der Waals surface area contributed by atoms with E-state index >= 15 is 0 Å². The monoisotopic (exact) mass is 1140 g/mol. The molecule has 5 aliphatic heterocycles. The summed E-state index contributed by atoms with van der Waals surface area (Å²) in [6.45, 7) is 109. The van der Waals surface area contributed by atoms with Crippen molar-refractivity contribution in [1.29, 1.82) is 0 Å². The van der Waals surface area contributed by atoms with Crippen molar-refractivity contribution < 1.29 is 0 Å². The predicted molar refractivity (Wildman–Crippen MR) is 373 cm³/mol. The SMILES string of the molecule is CC.CC.CC.CC.CC.CC(C)(C)C1CCCN(C(C)(C)C)C1.CC(C)(C)C1CCN(C(C)(C)C)C1.CC(C)(C)C1CCN(C(C)(C)C)CC1.CC(C)(C)CN1CCN(C(C)(C)C)CC1.CC(C)(C)N1CCN(C(C)(C)C)CC1. The van der Waals surface area contributed by atoms with Gasteiger partial charge in [-0.15, -0.1) is 0 Å². The number of likely N-dealkylation sites (tertiary alicyclic amines) is 3. The third kappa shape index (κ3) is 39.4. The van der Waals surface area contributed by atoms with E-state index in [2.05, 4.69) is 242 Å². The second-order valence-corrected chi connectivity index (χ2v) is 33.4. The van der Waals surface area contributed by atoms with E-state index in [1.807, 2.05) is 69.2 Å². The van der Waals surface area contributed by atoms with Crippen molar-refractivity contribution in [2.45, 2.75) is 342 Å². The van der Waals surface area contributed by atoms with Gasteiger partial charge in [-0.1, -0.05) is 152 Å². The molecule has 80 heavy (non-hydrogen) atoms. The van der Waals surface area contributed by atoms with E-state index in [1.54, 1.807) is 0 Å². The minimum absolute atomic E-state index is 0.337. The number of piperidine rings is 2. The lowest BCUT2D eigenvalue weighted by molar-refractivity contribution is 0.0211. The first-order valence-corrected chi connectivity index (χ1v) is 34.3. The van der Waals surface area contributed by atoms with E-state index in [1.165, 1.54) is 130 Å². The number of hydrogen-bond donors (Lipinski definition) is 0. The summed E-state index contributed by atoms with van der Waals surface area (Å²) in [7, 11) is 0. The van der Waals surface area contributed by atoms with E-state index in [9.17, 15) is 0 Å². The van der Waals surface area contributed by atoms with Gasteiger partial charge in [-0.05, 0) is 222 Å². The van der Waals surface area contributed by atoms with Gasteiger partial charge in [0.2, 0.25) is 0 Å². The third-order valence-electron chi connectivity index (χ3n) is 16.8. The minimum Gasteiger partial charge on any atom is -0.300 e. The van der Waals surface area contributed by atoms with Gasteiger partial charge < -0.3 is 4.90 Å². The van der Waals surface area contributed by atoms with Crippen molar-refractivity contribution in [3.05, 3.63) is 0 Å². The molecule has 0 aromatic rings. The summed E-state index contributed by atoms with van der Waals surface area (Å²) < 4.78 is 0. The van der Waals surface area contributed by atoms with Crippen LogP contribution in [-0.2, 0) is 0 Å². The molecule has 0 spiro atoms. The Balaban J connectivity index is -0.000000281. The van der Waals surface area contributed by atoms with E-state index in [-0.39, 0.29) is 0 Å². The van der Waals surface area contributed by atoms with Crippen LogP contribution in [0.4, 0.5) is 0 Å². The van der Waals surface area contributed by atoms with Crippen LogP contribution >= 0.6 is 0 Å². The number of piperazine rings is 2. The summed E-state index contributed by atoms with van der Waals surface area (Å²) in [6, 6.07) is 0. The van der Waals surface area contributed by atoms with Crippen LogP contribution in [0.1, 0.15) is 309 Å². The maximum atomic E-state index is 2.65. The fraction of sp³-hybridized carbons (Fsp3) is 1.00. The lowest BCUT2D eigenvalue weighted by atomic mass is 9.75. The molecule has 7 nitrogen and oxygen atoms in total. The van der Waals surface area contributed by atoms with E-state index in [0.717, 1.165) is 17.8 Å². The quantitative estimate of drug-likeness (QED) is 0.258. The van der Waals surface area contributed by atoms with E-state index in [4.69, 9.17) is 0 Å². The van der Waals surface area contributed by atoms with Crippen LogP contribution in [0.15, 0.2) is 0 Å². The van der Waals surface area contributed by atoms with Gasteiger partial charge in [0.05, 0.1) is 0 Å². The van der Waals surface area contributed by atoms with Crippen molar-refractivity contribution in [2.24, 2.45) is 39.4 Å². The molecular formula is C73H163N7. The maximum absolute atomic E-state index is 2.65. The predicted octanol–water partition coefficient (Wildman–Crippen LogP) is 20.0. The van der Waals surface area contributed by atoms with Crippen molar-refractivity contribution in [1.82, 2.24) is 34.3 Å². The van der Waals surface area contributed by atoms with Gasteiger partial charge >= 0.3 is 0 Å². The van der Waals surface area contributed by atoms with Gasteiger partial charge in [-0.2, -0.15) is 0 Å². The standard InChI is InChI=1S/C13H28N2.2C13H27N.C12H26N2.C12H25N.5C2H6/c1-12(2,3)11-14-7-9-15(10-8-14)13(4,5)6;1-12(2,3)11-7-9-14(10-8-11)13(4,5)6;1-12(2,3)11-8-7-9-14(10-11)13(4,5)6;1-11(2,3)13-7-9-14(10-8-13)12(4,5)6;1-11(2,3)10-7-8-13(9-10)12(4,5)6;5*1-2/h7-11H2,1-6H3;2*11H,7-10H2,1-6H3;7-10H2,1-6H3;10H,7-9H2,1-6H3;5*1-2H3. The molecule has 0 aliphatic carbocycles. The van der Waals surface area contributed by atoms with Gasteiger partial charge in [0.15, 0.2) is 0 Å². The summed E-state index contributed by atoms with van der Waals surface area (Å²) in [6.07, 6.45) is 6.91. The first-order valence-electron chi connectivity index (χ1n) is 34.3. The molecule has 2 unspecified atom stereocenters. The first-order chi connectivity index (χ1) is 36.0. The zero-order valence-corrected chi connectivity index (χ0v) is 64.0. The topological polar surface area (TPSA) is 22.7 Å². The van der Waals surface area contributed by atoms with Crippen molar-refractivity contribution >= 4 is 0 Å². The normalized spacial score (nSPS) is 21.4. The fourth-order valence-electron chi connectivity index (χ4n) is 11.1. The second-order valence-electron chi connectivity index (χ2n) is 33.4. The molecule has 490 valence electrons. The molecule has 0 aromatic carbocycles. The molecule has 5 saturated heterocycles. The Morgan fingerprint density at radius 2 is 0.450 bits per heavy atom. The average Bonchev–Trinajstić information content (AvgIpc) is 3.87. The molecule has 2 atom stereocenters. The summed E-state index contributed by atoms with van der Waals surface area (Å²) in [5.41, 5.74) is 3.99. The molecule has 5 rings (SSSR count). The Kier molecular flexibility index (Phi) is 43.7. The first kappa shape index (κ1) is 88.5. The summed E-state index contributed by atoms with van der Waals surface area (Å²) in [5, 5.41) is 0. The Morgan fingerprint density at radius 1 is 0.237 bits per heavy atom. The molecule has 5 heterocycles. The van der Waals surface area contributed by atoms with Crippen LogP contribution in [0, 0.1) is 39.4 Å². The fourth-order valence-corrected chi connectivity index (χ4v) is 11.1. The van der Waals surface area contributed by atoms with E-state index in [0.29, 0.717) is 54.9 Å². The smallest absolute Gasteiger partial charge is 0.0126 e. The van der Waals surface area contributed by atoms with Gasteiger partial charge in [0, 0.05) is 105 Å². The highest BCUT2D eigenvalue weighted by Gasteiger charge is 2.37. The van der Waals surface area contributed by atoms with Crippen molar-refractivity contribution in [2.75, 3.05) is 98.2 Å². The van der Waals surface area contributed by atoms with Gasteiger partial charge in [-0.3, -0.25) is 29.4 Å². The van der Waals surface area contributed by atoms with Crippen LogP contribution < -0.4 is 0 Å². The zero-order chi connectivity index (χ0) is 64.9. The van der Waals surface area contributed by atoms with Gasteiger partial charge in [0.1, 0.15) is 0 Å². The van der Waals surface area contributed by atoms with Crippen LogP contribution in [0.2, 0.25) is 0 Å². The molecule has 0 saturated carbocycles. The van der Waals surface area contributed by atoms with Crippen molar-refractivity contribution in [3.63, 3.8) is 0 Å². The third-order valence-corrected chi connectivity index (χ3v) is 16.8. The summed E-state index contributed by atoms with van der Waals surface area (Å²) in [4.78, 5) is 18.2. The highest BCUT2D eigenvalue weighted by atomic mass is 15.3. The largest absolute Gasteiger partial charge is 0.300 e. The lowest BCUT2D eigenvalue weighted by Gasteiger charge is -2.46. The van der Waals surface area contributed by atoms with Crippen molar-refractivity contribution in [3.8, 4) is 0 Å². The Labute approximate surface area is 511 Å². The highest BCUT2D eigenvalue weighted by molar-refractivity contribution is 4.91. The van der Waals surface area contributed by atoms with Gasteiger partial charge in [-0.25, -0.2) is 0 Å². The van der Waals surface area contributed by atoms with Crippen LogP contribution in [0.3, 0.4) is 0 Å². The molecule has 5 aliphatic rings. The number of nitrogens with zero attached hydrogens (tertiary/aromatic N) is 7. The molecular weight excluding hydrogens is 975 g/mol. The average molecular weight is 1140 g/mol. The van der Waals surface area contributed by atoms with Crippen LogP contribution in [0.5, 0.6) is 0 Å². The Bertz CT molecular complexity index is 1280. The molecule has 0 bridgehead atoms. The molecule has 0 aromatic heterocycles. The van der Waals surface area contributed by atoms with Crippen LogP contribution in [0.25, 0.3) is 0 Å². The van der Waals surface area contributed by atoms with Gasteiger partial charge in [0.25, 0.3) is 0 Å². The van der Waals surface area contributed by atoms with Crippen LogP contribution in [-0.4, -0.2) is 166 Å². The minimum atomic E-state index is 0.337. The molecule has 0 N–H and O–H groups in total. The second kappa shape index (κ2) is 39.5. The molecule has 0 amide bonds. The number of rotatable bonds is 1. The number of hydrogen-bond acceptors (Lipinski definition) is 7. The summed E-state index contributed by atoms with van der Waals surface area (Å²) in [5.74, 6) is 2.67. The maximum Gasteiger partial charge on any atom is 0.0126 e. The zero-order valence-electron chi connectivity index (χ0n) is 64.0. The summed E-state index contributed by atoms with van der Waals surface area (Å²) >= 11 is 0. The Hall–Kier alpha value is -0.280.